The van der Waals surface area contributed by atoms with Crippen LogP contribution in [0, 0.1) is 10.1 Å². The molecular formula is C15H21N2O5P. The van der Waals surface area contributed by atoms with Gasteiger partial charge < -0.3 is 13.9 Å². The molecule has 0 fully saturated rings. The van der Waals surface area contributed by atoms with Gasteiger partial charge in [-0.1, -0.05) is 31.1 Å². The Morgan fingerprint density at radius 2 is 2.04 bits per heavy atom. The highest BCUT2D eigenvalue weighted by Gasteiger charge is 2.33. The number of nitro benzene ring substituents is 1. The van der Waals surface area contributed by atoms with Gasteiger partial charge in [0.2, 0.25) is 14.2 Å². The zero-order valence-corrected chi connectivity index (χ0v) is 14.2. The van der Waals surface area contributed by atoms with Gasteiger partial charge in [-0.15, -0.1) is 0 Å². The average Bonchev–Trinajstić information content (AvgIpc) is 3.05. The third kappa shape index (κ3) is 4.96. The number of oxime groups is 1. The highest BCUT2D eigenvalue weighted by atomic mass is 31.2. The summed E-state index contributed by atoms with van der Waals surface area (Å²) in [5.74, 6) is -0.266. The average molecular weight is 340 g/mol. The fourth-order valence-electron chi connectivity index (χ4n) is 2.01. The van der Waals surface area contributed by atoms with Crippen molar-refractivity contribution in [3.05, 3.63) is 39.9 Å². The van der Waals surface area contributed by atoms with Crippen LogP contribution in [0.25, 0.3) is 0 Å². The Bertz CT molecular complexity index is 559. The Hall–Kier alpha value is -1.56. The fraction of sp³-hybridized carbons (Fsp3) is 0.533. The minimum atomic E-state index is -1.18. The van der Waals surface area contributed by atoms with Crippen LogP contribution >= 0.6 is 8.38 Å². The van der Waals surface area contributed by atoms with Gasteiger partial charge in [0.25, 0.3) is 5.69 Å². The molecule has 1 aliphatic rings. The first-order valence-corrected chi connectivity index (χ1v) is 8.93. The minimum absolute atomic E-state index is 0.0420. The number of nitrogens with zero attached hydrogens (tertiary/aromatic N) is 2. The van der Waals surface area contributed by atoms with Crippen molar-refractivity contribution in [3.63, 3.8) is 0 Å². The first-order valence-electron chi connectivity index (χ1n) is 7.68. The molecule has 0 spiro atoms. The van der Waals surface area contributed by atoms with Crippen molar-refractivity contribution in [3.8, 4) is 0 Å². The molecule has 7 nitrogen and oxygen atoms in total. The third-order valence-corrected chi connectivity index (χ3v) is 4.74. The van der Waals surface area contributed by atoms with Crippen LogP contribution in [0.3, 0.4) is 0 Å². The number of hydrogen-bond acceptors (Lipinski definition) is 6. The summed E-state index contributed by atoms with van der Waals surface area (Å²) in [4.78, 5) is 15.9. The Morgan fingerprint density at radius 1 is 1.35 bits per heavy atom. The van der Waals surface area contributed by atoms with Crippen LogP contribution in [-0.2, 0) is 13.9 Å². The van der Waals surface area contributed by atoms with Gasteiger partial charge in [0.05, 0.1) is 23.8 Å². The molecule has 0 N–H and O–H groups in total. The van der Waals surface area contributed by atoms with E-state index in [-0.39, 0.29) is 11.5 Å². The van der Waals surface area contributed by atoms with Crippen LogP contribution in [0.15, 0.2) is 29.4 Å². The molecule has 8 heteroatoms. The zero-order valence-electron chi connectivity index (χ0n) is 13.3. The standard InChI is InChI=1S/C15H21N2O5P/c1-3-8-20-23(21-9-4-2)15-11-14(16-22-15)12-6-5-7-13(10-12)17(18)19/h5-7,10,15H,3-4,8-9,11H2,1-2H3. The summed E-state index contributed by atoms with van der Waals surface area (Å²) in [6.45, 7) is 5.30. The molecule has 0 bridgehead atoms. The van der Waals surface area contributed by atoms with Crippen LogP contribution in [0.1, 0.15) is 38.7 Å². The van der Waals surface area contributed by atoms with Crippen LogP contribution < -0.4 is 0 Å². The van der Waals surface area contributed by atoms with E-state index in [1.54, 1.807) is 12.1 Å². The van der Waals surface area contributed by atoms with E-state index in [4.69, 9.17) is 13.9 Å². The molecule has 1 heterocycles. The molecule has 0 amide bonds. The summed E-state index contributed by atoms with van der Waals surface area (Å²) in [6, 6.07) is 6.40. The molecule has 23 heavy (non-hydrogen) atoms. The van der Waals surface area contributed by atoms with Gasteiger partial charge in [-0.05, 0) is 12.8 Å². The Kier molecular flexibility index (Phi) is 6.89. The molecule has 0 aliphatic carbocycles. The topological polar surface area (TPSA) is 83.2 Å². The van der Waals surface area contributed by atoms with Crippen LogP contribution in [0.5, 0.6) is 0 Å². The van der Waals surface area contributed by atoms with Crippen molar-refractivity contribution in [2.75, 3.05) is 13.2 Å². The number of nitro groups is 1. The van der Waals surface area contributed by atoms with Gasteiger partial charge in [-0.3, -0.25) is 10.1 Å². The maximum atomic E-state index is 10.9. The lowest BCUT2D eigenvalue weighted by Crippen LogP contribution is -2.11. The predicted octanol–water partition coefficient (Wildman–Crippen LogP) is 4.21. The van der Waals surface area contributed by atoms with E-state index in [0.717, 1.165) is 12.8 Å². The van der Waals surface area contributed by atoms with Crippen molar-refractivity contribution in [2.45, 2.75) is 39.0 Å². The molecule has 0 aromatic heterocycles. The second kappa shape index (κ2) is 8.91. The number of hydrogen-bond donors (Lipinski definition) is 0. The largest absolute Gasteiger partial charge is 0.382 e. The molecule has 2 rings (SSSR count). The summed E-state index contributed by atoms with van der Waals surface area (Å²) in [5.41, 5.74) is 1.43. The van der Waals surface area contributed by atoms with E-state index in [1.807, 2.05) is 13.8 Å². The van der Waals surface area contributed by atoms with Crippen molar-refractivity contribution < 1.29 is 18.8 Å². The quantitative estimate of drug-likeness (QED) is 0.382. The lowest BCUT2D eigenvalue weighted by Gasteiger charge is -2.20. The Balaban J connectivity index is 2.02. The molecule has 1 aliphatic heterocycles. The number of non-ortho nitro benzene ring substituents is 1. The number of rotatable bonds is 9. The predicted molar refractivity (Wildman–Crippen MR) is 88.5 cm³/mol. The molecule has 1 atom stereocenters. The second-order valence-electron chi connectivity index (χ2n) is 5.06. The van der Waals surface area contributed by atoms with Crippen LogP contribution in [0.2, 0.25) is 0 Å². The summed E-state index contributed by atoms with van der Waals surface area (Å²) < 4.78 is 11.5. The SMILES string of the molecule is CCCOP(OCCC)C1CC(c2cccc([N+](=O)[O-])c2)=NO1. The molecule has 0 saturated carbocycles. The lowest BCUT2D eigenvalue weighted by molar-refractivity contribution is -0.384. The molecule has 1 aromatic carbocycles. The Morgan fingerprint density at radius 3 is 2.65 bits per heavy atom. The molecule has 0 radical (unpaired) electrons. The first-order chi connectivity index (χ1) is 11.2. The minimum Gasteiger partial charge on any atom is -0.382 e. The third-order valence-electron chi connectivity index (χ3n) is 3.12. The molecular weight excluding hydrogens is 319 g/mol. The maximum Gasteiger partial charge on any atom is 0.270 e. The maximum absolute atomic E-state index is 10.9. The zero-order chi connectivity index (χ0) is 16.7. The molecule has 126 valence electrons. The van der Waals surface area contributed by atoms with Crippen LogP contribution in [0.4, 0.5) is 5.69 Å². The van der Waals surface area contributed by atoms with Crippen molar-refractivity contribution in [1.82, 2.24) is 0 Å². The van der Waals surface area contributed by atoms with E-state index in [9.17, 15) is 10.1 Å². The monoisotopic (exact) mass is 340 g/mol. The van der Waals surface area contributed by atoms with Gasteiger partial charge >= 0.3 is 0 Å². The summed E-state index contributed by atoms with van der Waals surface area (Å²) >= 11 is 0. The van der Waals surface area contributed by atoms with Crippen molar-refractivity contribution >= 4 is 19.8 Å². The molecule has 1 aromatic rings. The summed E-state index contributed by atoms with van der Waals surface area (Å²) in [6.07, 6.45) is 2.33. The highest BCUT2D eigenvalue weighted by molar-refractivity contribution is 7.47. The van der Waals surface area contributed by atoms with Gasteiger partial charge in [0.1, 0.15) is 0 Å². The second-order valence-corrected chi connectivity index (χ2v) is 6.72. The molecule has 0 saturated heterocycles. The van der Waals surface area contributed by atoms with Gasteiger partial charge in [0, 0.05) is 24.1 Å². The van der Waals surface area contributed by atoms with E-state index >= 15 is 0 Å². The fourth-order valence-corrected chi connectivity index (χ4v) is 3.59. The molecule has 1 unspecified atom stereocenters. The van der Waals surface area contributed by atoms with Crippen molar-refractivity contribution in [2.24, 2.45) is 5.16 Å². The van der Waals surface area contributed by atoms with Crippen LogP contribution in [-0.4, -0.2) is 29.7 Å². The van der Waals surface area contributed by atoms with E-state index in [0.29, 0.717) is 30.9 Å². The first kappa shape index (κ1) is 17.8. The Labute approximate surface area is 136 Å². The van der Waals surface area contributed by atoms with Gasteiger partial charge in [-0.2, -0.15) is 0 Å². The normalized spacial score (nSPS) is 17.2. The van der Waals surface area contributed by atoms with E-state index in [1.165, 1.54) is 12.1 Å². The summed E-state index contributed by atoms with van der Waals surface area (Å²) in [5, 5.41) is 14.9. The van der Waals surface area contributed by atoms with E-state index in [2.05, 4.69) is 5.16 Å². The lowest BCUT2D eigenvalue weighted by atomic mass is 10.1. The summed E-state index contributed by atoms with van der Waals surface area (Å²) in [7, 11) is -1.18. The highest BCUT2D eigenvalue weighted by Crippen LogP contribution is 2.48. The van der Waals surface area contributed by atoms with Gasteiger partial charge in [0.15, 0.2) is 0 Å². The number of benzene rings is 1. The van der Waals surface area contributed by atoms with Gasteiger partial charge in [-0.25, -0.2) is 0 Å². The smallest absolute Gasteiger partial charge is 0.270 e. The van der Waals surface area contributed by atoms with E-state index < -0.39 is 13.3 Å². The van der Waals surface area contributed by atoms with Crippen molar-refractivity contribution in [1.29, 1.82) is 0 Å².